The van der Waals surface area contributed by atoms with Gasteiger partial charge in [-0.2, -0.15) is 4.98 Å². The minimum atomic E-state index is -0.379. The fourth-order valence-electron chi connectivity index (χ4n) is 2.19. The van der Waals surface area contributed by atoms with Crippen molar-refractivity contribution in [3.63, 3.8) is 0 Å². The lowest BCUT2D eigenvalue weighted by molar-refractivity contribution is 0.166. The normalized spacial score (nSPS) is 16.7. The number of aliphatic hydroxyl groups excluding tert-OH is 1. The van der Waals surface area contributed by atoms with Crippen molar-refractivity contribution >= 4 is 0 Å². The lowest BCUT2D eigenvalue weighted by Crippen LogP contribution is -1.98. The van der Waals surface area contributed by atoms with Crippen molar-refractivity contribution < 1.29 is 9.63 Å². The van der Waals surface area contributed by atoms with E-state index in [0.717, 1.165) is 24.2 Å². The van der Waals surface area contributed by atoms with Crippen LogP contribution in [0.3, 0.4) is 0 Å². The van der Waals surface area contributed by atoms with Crippen LogP contribution in [-0.4, -0.2) is 19.8 Å². The van der Waals surface area contributed by atoms with Gasteiger partial charge < -0.3 is 14.2 Å². The predicted molar refractivity (Wildman–Crippen MR) is 69.7 cm³/mol. The molecule has 1 atom stereocenters. The lowest BCUT2D eigenvalue weighted by atomic mass is 10.1. The van der Waals surface area contributed by atoms with E-state index in [1.807, 2.05) is 23.0 Å². The zero-order valence-electron chi connectivity index (χ0n) is 11.1. The van der Waals surface area contributed by atoms with Gasteiger partial charge >= 0.3 is 0 Å². The van der Waals surface area contributed by atoms with Crippen molar-refractivity contribution in [2.45, 2.75) is 51.2 Å². The number of hydrogen-bond acceptors (Lipinski definition) is 4. The van der Waals surface area contributed by atoms with Gasteiger partial charge in [0.15, 0.2) is 5.82 Å². The van der Waals surface area contributed by atoms with E-state index in [4.69, 9.17) is 4.52 Å². The van der Waals surface area contributed by atoms with E-state index in [9.17, 15) is 5.11 Å². The second kappa shape index (κ2) is 5.17. The van der Waals surface area contributed by atoms with Crippen LogP contribution >= 0.6 is 0 Å². The minimum absolute atomic E-state index is 0.379. The zero-order valence-corrected chi connectivity index (χ0v) is 11.1. The third kappa shape index (κ3) is 2.87. The van der Waals surface area contributed by atoms with Crippen LogP contribution in [0.25, 0.3) is 0 Å². The first-order valence-electron chi connectivity index (χ1n) is 6.92. The highest BCUT2D eigenvalue weighted by Crippen LogP contribution is 2.38. The molecule has 1 aliphatic rings. The Kier molecular flexibility index (Phi) is 3.38. The Labute approximate surface area is 112 Å². The molecule has 5 nitrogen and oxygen atoms in total. The van der Waals surface area contributed by atoms with E-state index in [1.54, 1.807) is 0 Å². The van der Waals surface area contributed by atoms with Gasteiger partial charge in [-0.05, 0) is 30.9 Å². The van der Waals surface area contributed by atoms with Crippen LogP contribution in [-0.2, 0) is 6.54 Å². The molecule has 19 heavy (non-hydrogen) atoms. The number of rotatable bonds is 6. The molecule has 1 saturated carbocycles. The number of aromatic nitrogens is 3. The van der Waals surface area contributed by atoms with Crippen LogP contribution in [0.5, 0.6) is 0 Å². The fourth-order valence-corrected chi connectivity index (χ4v) is 2.19. The van der Waals surface area contributed by atoms with Gasteiger partial charge in [0.05, 0.1) is 6.10 Å². The Morgan fingerprint density at radius 3 is 3.11 bits per heavy atom. The van der Waals surface area contributed by atoms with Crippen LogP contribution in [0.4, 0.5) is 0 Å². The average molecular weight is 261 g/mol. The van der Waals surface area contributed by atoms with Crippen molar-refractivity contribution in [1.82, 2.24) is 14.7 Å². The highest BCUT2D eigenvalue weighted by atomic mass is 16.5. The molecule has 1 fully saturated rings. The molecule has 0 aromatic carbocycles. The van der Waals surface area contributed by atoms with Gasteiger partial charge in [-0.1, -0.05) is 18.5 Å². The van der Waals surface area contributed by atoms with E-state index in [0.29, 0.717) is 18.4 Å². The quantitative estimate of drug-likeness (QED) is 0.868. The van der Waals surface area contributed by atoms with Gasteiger partial charge in [-0.15, -0.1) is 0 Å². The Hall–Kier alpha value is -1.62. The smallest absolute Gasteiger partial charge is 0.246 e. The molecular weight excluding hydrogens is 242 g/mol. The molecule has 0 spiro atoms. The molecule has 0 saturated heterocycles. The predicted octanol–water partition coefficient (Wildman–Crippen LogP) is 2.63. The zero-order chi connectivity index (χ0) is 13.2. The molecule has 2 heterocycles. The summed E-state index contributed by atoms with van der Waals surface area (Å²) in [5.74, 6) is 1.99. The van der Waals surface area contributed by atoms with Gasteiger partial charge in [-0.25, -0.2) is 0 Å². The van der Waals surface area contributed by atoms with Crippen LogP contribution in [0.15, 0.2) is 23.0 Å². The fraction of sp³-hybridized carbons (Fsp3) is 0.571. The summed E-state index contributed by atoms with van der Waals surface area (Å²) in [6.07, 6.45) is 7.62. The van der Waals surface area contributed by atoms with Crippen LogP contribution in [0.2, 0.25) is 0 Å². The molecule has 102 valence electrons. The van der Waals surface area contributed by atoms with Gasteiger partial charge in [0.2, 0.25) is 5.89 Å². The second-order valence-electron chi connectivity index (χ2n) is 5.24. The van der Waals surface area contributed by atoms with Gasteiger partial charge in [0, 0.05) is 18.3 Å². The number of hydrogen-bond donors (Lipinski definition) is 1. The summed E-state index contributed by atoms with van der Waals surface area (Å²) in [6.45, 7) is 2.64. The molecule has 3 rings (SSSR count). The molecule has 0 amide bonds. The molecule has 1 aliphatic carbocycles. The largest absolute Gasteiger partial charge is 0.388 e. The molecule has 0 radical (unpaired) electrons. The first kappa shape index (κ1) is 12.4. The standard InChI is InChI=1S/C14H19N3O2/c1-2-3-12(18)11-6-7-17(8-11)9-13-15-14(16-19-13)10-4-5-10/h6-8,10,12,18H,2-5,9H2,1H3. The summed E-state index contributed by atoms with van der Waals surface area (Å²) >= 11 is 0. The minimum Gasteiger partial charge on any atom is -0.388 e. The van der Waals surface area contributed by atoms with Crippen molar-refractivity contribution in [1.29, 1.82) is 0 Å². The van der Waals surface area contributed by atoms with Crippen molar-refractivity contribution in [2.75, 3.05) is 0 Å². The first-order chi connectivity index (χ1) is 9.26. The summed E-state index contributed by atoms with van der Waals surface area (Å²) in [5.41, 5.74) is 0.948. The highest BCUT2D eigenvalue weighted by molar-refractivity contribution is 5.14. The molecule has 1 N–H and O–H groups in total. The first-order valence-corrected chi connectivity index (χ1v) is 6.92. The third-order valence-electron chi connectivity index (χ3n) is 3.46. The summed E-state index contributed by atoms with van der Waals surface area (Å²) in [7, 11) is 0. The Morgan fingerprint density at radius 2 is 2.37 bits per heavy atom. The maximum Gasteiger partial charge on any atom is 0.246 e. The van der Waals surface area contributed by atoms with E-state index >= 15 is 0 Å². The van der Waals surface area contributed by atoms with Crippen LogP contribution in [0.1, 0.15) is 61.9 Å². The lowest BCUT2D eigenvalue weighted by Gasteiger charge is -2.05. The Bertz CT molecular complexity index is 542. The van der Waals surface area contributed by atoms with Crippen LogP contribution < -0.4 is 0 Å². The molecule has 0 bridgehead atoms. The molecule has 2 aromatic heterocycles. The van der Waals surface area contributed by atoms with Gasteiger partial charge in [-0.3, -0.25) is 0 Å². The van der Waals surface area contributed by atoms with E-state index in [-0.39, 0.29) is 6.10 Å². The maximum atomic E-state index is 9.92. The number of aliphatic hydroxyl groups is 1. The third-order valence-corrected chi connectivity index (χ3v) is 3.46. The molecule has 5 heteroatoms. The van der Waals surface area contributed by atoms with Crippen LogP contribution in [0, 0.1) is 0 Å². The Morgan fingerprint density at radius 1 is 1.53 bits per heavy atom. The average Bonchev–Trinajstić information content (AvgIpc) is 2.97. The monoisotopic (exact) mass is 261 g/mol. The second-order valence-corrected chi connectivity index (χ2v) is 5.24. The molecule has 0 aliphatic heterocycles. The van der Waals surface area contributed by atoms with Crippen molar-refractivity contribution in [2.24, 2.45) is 0 Å². The van der Waals surface area contributed by atoms with E-state index in [2.05, 4.69) is 17.1 Å². The SMILES string of the molecule is CCCC(O)c1ccn(Cc2nc(C3CC3)no2)c1. The number of nitrogens with zero attached hydrogens (tertiary/aromatic N) is 3. The van der Waals surface area contributed by atoms with Gasteiger partial charge in [0.1, 0.15) is 6.54 Å². The van der Waals surface area contributed by atoms with Gasteiger partial charge in [0.25, 0.3) is 0 Å². The topological polar surface area (TPSA) is 64.1 Å². The molecule has 2 aromatic rings. The Balaban J connectivity index is 1.65. The summed E-state index contributed by atoms with van der Waals surface area (Å²) < 4.78 is 7.21. The van der Waals surface area contributed by atoms with Crippen molar-refractivity contribution in [3.8, 4) is 0 Å². The van der Waals surface area contributed by atoms with E-state index < -0.39 is 0 Å². The van der Waals surface area contributed by atoms with Crippen molar-refractivity contribution in [3.05, 3.63) is 35.7 Å². The molecular formula is C14H19N3O2. The summed E-state index contributed by atoms with van der Waals surface area (Å²) in [4.78, 5) is 4.40. The van der Waals surface area contributed by atoms with E-state index in [1.165, 1.54) is 12.8 Å². The molecule has 1 unspecified atom stereocenters. The maximum absolute atomic E-state index is 9.92. The summed E-state index contributed by atoms with van der Waals surface area (Å²) in [5, 5.41) is 13.9. The summed E-state index contributed by atoms with van der Waals surface area (Å²) in [6, 6.07) is 1.94. The highest BCUT2D eigenvalue weighted by Gasteiger charge is 2.28.